The number of aliphatic hydroxyl groups excluding tert-OH is 1. The molecule has 0 aliphatic rings. The van der Waals surface area contributed by atoms with Gasteiger partial charge in [0.1, 0.15) is 11.9 Å². The number of aryl methyl sites for hydroxylation is 2. The average molecular weight is 248 g/mol. The van der Waals surface area contributed by atoms with Crippen molar-refractivity contribution in [1.82, 2.24) is 5.16 Å². The SMILES string of the molecule is Cc1noc(C)c1C(O)c1cccc([N+](=O)[O-])c1. The van der Waals surface area contributed by atoms with Gasteiger partial charge in [0.25, 0.3) is 5.69 Å². The fourth-order valence-electron chi connectivity index (χ4n) is 1.86. The minimum atomic E-state index is -0.976. The number of non-ortho nitro benzene ring substituents is 1. The van der Waals surface area contributed by atoms with Crippen LogP contribution in [-0.4, -0.2) is 15.2 Å². The summed E-state index contributed by atoms with van der Waals surface area (Å²) in [5.41, 5.74) is 1.51. The Labute approximate surface area is 103 Å². The number of nitro groups is 1. The van der Waals surface area contributed by atoms with E-state index in [0.717, 1.165) is 0 Å². The highest BCUT2D eigenvalue weighted by Gasteiger charge is 2.21. The van der Waals surface area contributed by atoms with Crippen LogP contribution in [0.4, 0.5) is 5.69 Å². The van der Waals surface area contributed by atoms with Gasteiger partial charge in [0, 0.05) is 12.1 Å². The van der Waals surface area contributed by atoms with Crippen molar-refractivity contribution in [3.63, 3.8) is 0 Å². The summed E-state index contributed by atoms with van der Waals surface area (Å²) in [7, 11) is 0. The number of rotatable bonds is 3. The molecule has 0 fully saturated rings. The smallest absolute Gasteiger partial charge is 0.269 e. The van der Waals surface area contributed by atoms with Crippen LogP contribution in [-0.2, 0) is 0 Å². The number of nitrogens with zero attached hydrogens (tertiary/aromatic N) is 2. The van der Waals surface area contributed by atoms with Crippen molar-refractivity contribution >= 4 is 5.69 Å². The molecule has 1 aromatic heterocycles. The van der Waals surface area contributed by atoms with E-state index in [1.807, 2.05) is 0 Å². The topological polar surface area (TPSA) is 89.4 Å². The van der Waals surface area contributed by atoms with Gasteiger partial charge in [0.15, 0.2) is 0 Å². The summed E-state index contributed by atoms with van der Waals surface area (Å²) in [6, 6.07) is 5.89. The highest BCUT2D eigenvalue weighted by Crippen LogP contribution is 2.29. The van der Waals surface area contributed by atoms with Crippen LogP contribution in [0, 0.1) is 24.0 Å². The summed E-state index contributed by atoms with van der Waals surface area (Å²) in [6.45, 7) is 3.41. The molecule has 0 spiro atoms. The van der Waals surface area contributed by atoms with E-state index in [0.29, 0.717) is 22.6 Å². The zero-order valence-electron chi connectivity index (χ0n) is 9.95. The van der Waals surface area contributed by atoms with E-state index in [1.54, 1.807) is 19.9 Å². The van der Waals surface area contributed by atoms with E-state index in [2.05, 4.69) is 5.16 Å². The predicted octanol–water partition coefficient (Wildman–Crippen LogP) is 2.28. The molecule has 0 saturated heterocycles. The predicted molar refractivity (Wildman–Crippen MR) is 63.1 cm³/mol. The Hall–Kier alpha value is -2.21. The molecular formula is C12H12N2O4. The third kappa shape index (κ3) is 2.10. The lowest BCUT2D eigenvalue weighted by atomic mass is 10.00. The Morgan fingerprint density at radius 1 is 1.44 bits per heavy atom. The van der Waals surface area contributed by atoms with Crippen LogP contribution in [0.25, 0.3) is 0 Å². The molecule has 0 radical (unpaired) electrons. The Bertz CT molecular complexity index is 572. The first-order valence-corrected chi connectivity index (χ1v) is 5.36. The Kier molecular flexibility index (Phi) is 3.12. The monoisotopic (exact) mass is 248 g/mol. The van der Waals surface area contributed by atoms with Crippen LogP contribution in [0.15, 0.2) is 28.8 Å². The van der Waals surface area contributed by atoms with Gasteiger partial charge in [0.2, 0.25) is 0 Å². The molecule has 6 nitrogen and oxygen atoms in total. The van der Waals surface area contributed by atoms with Gasteiger partial charge in [-0.25, -0.2) is 0 Å². The zero-order valence-corrected chi connectivity index (χ0v) is 9.95. The van der Waals surface area contributed by atoms with Gasteiger partial charge in [-0.05, 0) is 19.4 Å². The first kappa shape index (κ1) is 12.3. The highest BCUT2D eigenvalue weighted by molar-refractivity contribution is 5.40. The van der Waals surface area contributed by atoms with Crippen molar-refractivity contribution in [2.75, 3.05) is 0 Å². The normalized spacial score (nSPS) is 12.4. The maximum Gasteiger partial charge on any atom is 0.269 e. The molecule has 94 valence electrons. The van der Waals surface area contributed by atoms with E-state index in [1.165, 1.54) is 18.2 Å². The fourth-order valence-corrected chi connectivity index (χ4v) is 1.86. The number of hydrogen-bond donors (Lipinski definition) is 1. The van der Waals surface area contributed by atoms with Gasteiger partial charge in [-0.2, -0.15) is 0 Å². The lowest BCUT2D eigenvalue weighted by Gasteiger charge is -2.10. The van der Waals surface area contributed by atoms with Crippen molar-refractivity contribution in [3.05, 3.63) is 57.0 Å². The fraction of sp³-hybridized carbons (Fsp3) is 0.250. The summed E-state index contributed by atoms with van der Waals surface area (Å²) in [5, 5.41) is 24.7. The standard InChI is InChI=1S/C12H12N2O4/c1-7-11(8(2)18-13-7)12(15)9-4-3-5-10(6-9)14(16)17/h3-6,12,15H,1-2H3. The van der Waals surface area contributed by atoms with Gasteiger partial charge < -0.3 is 9.63 Å². The number of aliphatic hydroxyl groups is 1. The molecule has 1 heterocycles. The van der Waals surface area contributed by atoms with Crippen molar-refractivity contribution in [1.29, 1.82) is 0 Å². The van der Waals surface area contributed by atoms with Crippen molar-refractivity contribution < 1.29 is 14.6 Å². The number of hydrogen-bond acceptors (Lipinski definition) is 5. The highest BCUT2D eigenvalue weighted by atomic mass is 16.6. The second kappa shape index (κ2) is 4.58. The summed E-state index contributed by atoms with van der Waals surface area (Å²) in [6.07, 6.45) is -0.976. The van der Waals surface area contributed by atoms with Gasteiger partial charge in [0.05, 0.1) is 16.2 Å². The Balaban J connectivity index is 2.43. The lowest BCUT2D eigenvalue weighted by molar-refractivity contribution is -0.385. The molecule has 0 bridgehead atoms. The van der Waals surface area contributed by atoms with Gasteiger partial charge in [-0.3, -0.25) is 10.1 Å². The van der Waals surface area contributed by atoms with Crippen LogP contribution in [0.2, 0.25) is 0 Å². The van der Waals surface area contributed by atoms with Crippen LogP contribution in [0.5, 0.6) is 0 Å². The molecule has 0 aliphatic carbocycles. The number of benzene rings is 1. The first-order chi connectivity index (χ1) is 8.50. The van der Waals surface area contributed by atoms with Crippen molar-refractivity contribution in [2.24, 2.45) is 0 Å². The van der Waals surface area contributed by atoms with E-state index < -0.39 is 11.0 Å². The first-order valence-electron chi connectivity index (χ1n) is 5.36. The molecule has 2 aromatic rings. The number of nitro benzene ring substituents is 1. The summed E-state index contributed by atoms with van der Waals surface area (Å²) in [5.74, 6) is 0.506. The van der Waals surface area contributed by atoms with Crippen LogP contribution < -0.4 is 0 Å². The summed E-state index contributed by atoms with van der Waals surface area (Å²) >= 11 is 0. The second-order valence-corrected chi connectivity index (χ2v) is 3.99. The van der Waals surface area contributed by atoms with Crippen LogP contribution in [0.1, 0.15) is 28.7 Å². The van der Waals surface area contributed by atoms with Crippen LogP contribution in [0.3, 0.4) is 0 Å². The molecule has 1 atom stereocenters. The molecular weight excluding hydrogens is 236 g/mol. The van der Waals surface area contributed by atoms with Crippen molar-refractivity contribution in [2.45, 2.75) is 20.0 Å². The molecule has 2 rings (SSSR count). The van der Waals surface area contributed by atoms with Gasteiger partial charge in [-0.1, -0.05) is 17.3 Å². The molecule has 18 heavy (non-hydrogen) atoms. The third-order valence-electron chi connectivity index (χ3n) is 2.76. The Morgan fingerprint density at radius 3 is 2.72 bits per heavy atom. The summed E-state index contributed by atoms with van der Waals surface area (Å²) in [4.78, 5) is 10.2. The minimum absolute atomic E-state index is 0.0571. The van der Waals surface area contributed by atoms with E-state index in [4.69, 9.17) is 4.52 Å². The average Bonchev–Trinajstić information content (AvgIpc) is 2.68. The largest absolute Gasteiger partial charge is 0.383 e. The molecule has 1 unspecified atom stereocenters. The minimum Gasteiger partial charge on any atom is -0.383 e. The zero-order chi connectivity index (χ0) is 13.3. The lowest BCUT2D eigenvalue weighted by Crippen LogP contribution is -2.02. The molecule has 6 heteroatoms. The van der Waals surface area contributed by atoms with E-state index in [9.17, 15) is 15.2 Å². The number of aromatic nitrogens is 1. The maximum absolute atomic E-state index is 10.7. The third-order valence-corrected chi connectivity index (χ3v) is 2.76. The molecule has 0 saturated carbocycles. The van der Waals surface area contributed by atoms with E-state index in [-0.39, 0.29) is 5.69 Å². The molecule has 0 aliphatic heterocycles. The maximum atomic E-state index is 10.7. The quantitative estimate of drug-likeness (QED) is 0.664. The molecule has 0 amide bonds. The van der Waals surface area contributed by atoms with Gasteiger partial charge in [-0.15, -0.1) is 0 Å². The second-order valence-electron chi connectivity index (χ2n) is 3.99. The molecule has 1 aromatic carbocycles. The summed E-state index contributed by atoms with van der Waals surface area (Å²) < 4.78 is 4.97. The van der Waals surface area contributed by atoms with E-state index >= 15 is 0 Å². The Morgan fingerprint density at radius 2 is 2.17 bits per heavy atom. The molecule has 1 N–H and O–H groups in total. The van der Waals surface area contributed by atoms with Crippen LogP contribution >= 0.6 is 0 Å². The van der Waals surface area contributed by atoms with Gasteiger partial charge >= 0.3 is 0 Å². The van der Waals surface area contributed by atoms with Crippen molar-refractivity contribution in [3.8, 4) is 0 Å².